The zero-order chi connectivity index (χ0) is 12.3. The van der Waals surface area contributed by atoms with Crippen LogP contribution in [0.25, 0.3) is 0 Å². The third-order valence-electron chi connectivity index (χ3n) is 2.57. The lowest BCUT2D eigenvalue weighted by Gasteiger charge is -2.08. The number of hydrogen-bond acceptors (Lipinski definition) is 4. The summed E-state index contributed by atoms with van der Waals surface area (Å²) in [5, 5.41) is 12.8. The molecule has 0 aliphatic heterocycles. The molecule has 3 N–H and O–H groups in total. The SMILES string of the molecule is COc1ccc(NCc2nc[nH]c2C)cc1O. The second kappa shape index (κ2) is 4.78. The molecule has 0 aliphatic carbocycles. The maximum atomic E-state index is 9.62. The fraction of sp³-hybridized carbons (Fsp3) is 0.250. The molecular weight excluding hydrogens is 218 g/mol. The molecule has 17 heavy (non-hydrogen) atoms. The average Bonchev–Trinajstić information content (AvgIpc) is 2.72. The molecule has 0 aliphatic rings. The summed E-state index contributed by atoms with van der Waals surface area (Å²) in [7, 11) is 1.52. The number of benzene rings is 1. The number of phenolic OH excluding ortho intramolecular Hbond substituents is 1. The molecule has 0 bridgehead atoms. The van der Waals surface area contributed by atoms with Crippen molar-refractivity contribution in [3.8, 4) is 11.5 Å². The van der Waals surface area contributed by atoms with Gasteiger partial charge in [0.05, 0.1) is 25.7 Å². The van der Waals surface area contributed by atoms with Crippen molar-refractivity contribution >= 4 is 5.69 Å². The lowest BCUT2D eigenvalue weighted by Crippen LogP contribution is -2.01. The Morgan fingerprint density at radius 3 is 2.88 bits per heavy atom. The van der Waals surface area contributed by atoms with Crippen LogP contribution in [0.1, 0.15) is 11.4 Å². The van der Waals surface area contributed by atoms with Crippen LogP contribution in [-0.2, 0) is 6.54 Å². The standard InChI is InChI=1S/C12H15N3O2/c1-8-10(15-7-14-8)6-13-9-3-4-12(17-2)11(16)5-9/h3-5,7,13,16H,6H2,1-2H3,(H,14,15). The van der Waals surface area contributed by atoms with E-state index in [9.17, 15) is 5.11 Å². The number of nitrogens with one attached hydrogen (secondary N) is 2. The molecule has 5 nitrogen and oxygen atoms in total. The number of rotatable bonds is 4. The fourth-order valence-corrected chi connectivity index (χ4v) is 1.55. The summed E-state index contributed by atoms with van der Waals surface area (Å²) in [6.45, 7) is 2.58. The molecule has 5 heteroatoms. The number of phenols is 1. The van der Waals surface area contributed by atoms with Gasteiger partial charge in [-0.2, -0.15) is 0 Å². The van der Waals surface area contributed by atoms with Crippen molar-refractivity contribution in [1.29, 1.82) is 0 Å². The Bertz CT molecular complexity index is 508. The van der Waals surface area contributed by atoms with Crippen LogP contribution >= 0.6 is 0 Å². The van der Waals surface area contributed by atoms with Gasteiger partial charge in [-0.25, -0.2) is 4.98 Å². The minimum atomic E-state index is 0.122. The first-order valence-electron chi connectivity index (χ1n) is 5.30. The molecule has 90 valence electrons. The first-order chi connectivity index (χ1) is 8.20. The Kier molecular flexibility index (Phi) is 3.18. The number of aromatic amines is 1. The van der Waals surface area contributed by atoms with Crippen molar-refractivity contribution in [2.24, 2.45) is 0 Å². The topological polar surface area (TPSA) is 70.2 Å². The molecule has 0 atom stereocenters. The van der Waals surface area contributed by atoms with Gasteiger partial charge in [-0.1, -0.05) is 0 Å². The lowest BCUT2D eigenvalue weighted by molar-refractivity contribution is 0.373. The van der Waals surface area contributed by atoms with E-state index in [1.54, 1.807) is 18.5 Å². The quantitative estimate of drug-likeness (QED) is 0.755. The highest BCUT2D eigenvalue weighted by Gasteiger charge is 2.04. The van der Waals surface area contributed by atoms with Crippen LogP contribution in [0.3, 0.4) is 0 Å². The predicted molar refractivity (Wildman–Crippen MR) is 65.3 cm³/mol. The summed E-state index contributed by atoms with van der Waals surface area (Å²) in [6, 6.07) is 5.19. The number of nitrogens with zero attached hydrogens (tertiary/aromatic N) is 1. The minimum absolute atomic E-state index is 0.122. The van der Waals surface area contributed by atoms with Crippen LogP contribution < -0.4 is 10.1 Å². The molecule has 0 spiro atoms. The molecule has 0 fully saturated rings. The smallest absolute Gasteiger partial charge is 0.160 e. The van der Waals surface area contributed by atoms with Crippen molar-refractivity contribution in [2.75, 3.05) is 12.4 Å². The molecule has 2 aromatic rings. The molecule has 0 radical (unpaired) electrons. The Labute approximate surface area is 99.5 Å². The molecular formula is C12H15N3O2. The third-order valence-corrected chi connectivity index (χ3v) is 2.57. The van der Waals surface area contributed by atoms with E-state index < -0.39 is 0 Å². The van der Waals surface area contributed by atoms with E-state index >= 15 is 0 Å². The molecule has 1 aromatic carbocycles. The second-order valence-electron chi connectivity index (χ2n) is 3.71. The van der Waals surface area contributed by atoms with E-state index in [-0.39, 0.29) is 5.75 Å². The van der Waals surface area contributed by atoms with E-state index in [1.165, 1.54) is 7.11 Å². The van der Waals surface area contributed by atoms with Gasteiger partial charge >= 0.3 is 0 Å². The highest BCUT2D eigenvalue weighted by molar-refractivity contribution is 5.54. The number of H-pyrrole nitrogens is 1. The van der Waals surface area contributed by atoms with Gasteiger partial charge in [-0.3, -0.25) is 0 Å². The summed E-state index contributed by atoms with van der Waals surface area (Å²) >= 11 is 0. The van der Waals surface area contributed by atoms with Gasteiger partial charge in [0.15, 0.2) is 11.5 Å². The van der Waals surface area contributed by atoms with Gasteiger partial charge in [-0.15, -0.1) is 0 Å². The van der Waals surface area contributed by atoms with Gasteiger partial charge in [0.2, 0.25) is 0 Å². The summed E-state index contributed by atoms with van der Waals surface area (Å²) in [4.78, 5) is 7.20. The summed E-state index contributed by atoms with van der Waals surface area (Å²) in [5.41, 5.74) is 2.82. The number of anilines is 1. The van der Waals surface area contributed by atoms with Gasteiger partial charge in [-0.05, 0) is 19.1 Å². The highest BCUT2D eigenvalue weighted by atomic mass is 16.5. The van der Waals surface area contributed by atoms with Gasteiger partial charge < -0.3 is 20.1 Å². The van der Waals surface area contributed by atoms with Crippen molar-refractivity contribution in [1.82, 2.24) is 9.97 Å². The van der Waals surface area contributed by atoms with E-state index in [0.29, 0.717) is 12.3 Å². The number of aromatic nitrogens is 2. The zero-order valence-corrected chi connectivity index (χ0v) is 9.82. The number of aromatic hydroxyl groups is 1. The molecule has 0 saturated carbocycles. The van der Waals surface area contributed by atoms with Crippen LogP contribution in [0.15, 0.2) is 24.5 Å². The van der Waals surface area contributed by atoms with E-state index in [4.69, 9.17) is 4.74 Å². The molecule has 0 amide bonds. The summed E-state index contributed by atoms with van der Waals surface area (Å²) in [6.07, 6.45) is 1.66. The first-order valence-corrected chi connectivity index (χ1v) is 5.30. The Hall–Kier alpha value is -2.17. The predicted octanol–water partition coefficient (Wildman–Crippen LogP) is 2.04. The molecule has 0 saturated heterocycles. The maximum Gasteiger partial charge on any atom is 0.160 e. The Morgan fingerprint density at radius 2 is 2.29 bits per heavy atom. The molecule has 2 rings (SSSR count). The highest BCUT2D eigenvalue weighted by Crippen LogP contribution is 2.28. The second-order valence-corrected chi connectivity index (χ2v) is 3.71. The van der Waals surface area contributed by atoms with Crippen LogP contribution in [-0.4, -0.2) is 22.2 Å². The number of ether oxygens (including phenoxy) is 1. The van der Waals surface area contributed by atoms with E-state index in [2.05, 4.69) is 15.3 Å². The van der Waals surface area contributed by atoms with Crippen molar-refractivity contribution in [2.45, 2.75) is 13.5 Å². The number of aryl methyl sites for hydroxylation is 1. The Morgan fingerprint density at radius 1 is 1.47 bits per heavy atom. The van der Waals surface area contributed by atoms with Crippen LogP contribution in [0, 0.1) is 6.92 Å². The van der Waals surface area contributed by atoms with Crippen LogP contribution in [0.2, 0.25) is 0 Å². The monoisotopic (exact) mass is 233 g/mol. The summed E-state index contributed by atoms with van der Waals surface area (Å²) in [5.74, 6) is 0.586. The Balaban J connectivity index is 2.05. The third kappa shape index (κ3) is 2.50. The van der Waals surface area contributed by atoms with Crippen LogP contribution in [0.5, 0.6) is 11.5 Å². The van der Waals surface area contributed by atoms with Gasteiger partial charge in [0.1, 0.15) is 0 Å². The lowest BCUT2D eigenvalue weighted by atomic mass is 10.2. The van der Waals surface area contributed by atoms with E-state index in [1.807, 2.05) is 13.0 Å². The number of imidazole rings is 1. The number of methoxy groups -OCH3 is 1. The fourth-order valence-electron chi connectivity index (χ4n) is 1.55. The molecule has 1 heterocycles. The minimum Gasteiger partial charge on any atom is -0.504 e. The summed E-state index contributed by atoms with van der Waals surface area (Å²) < 4.78 is 4.97. The van der Waals surface area contributed by atoms with Crippen molar-refractivity contribution < 1.29 is 9.84 Å². The van der Waals surface area contributed by atoms with Crippen molar-refractivity contribution in [3.05, 3.63) is 35.9 Å². The van der Waals surface area contributed by atoms with E-state index in [0.717, 1.165) is 17.1 Å². The first kappa shape index (κ1) is 11.3. The van der Waals surface area contributed by atoms with Crippen molar-refractivity contribution in [3.63, 3.8) is 0 Å². The largest absolute Gasteiger partial charge is 0.504 e. The van der Waals surface area contributed by atoms with Gasteiger partial charge in [0, 0.05) is 17.4 Å². The molecule has 0 unspecified atom stereocenters. The van der Waals surface area contributed by atoms with Gasteiger partial charge in [0.25, 0.3) is 0 Å². The maximum absolute atomic E-state index is 9.62. The van der Waals surface area contributed by atoms with Crippen LogP contribution in [0.4, 0.5) is 5.69 Å². The molecule has 1 aromatic heterocycles. The zero-order valence-electron chi connectivity index (χ0n) is 9.82. The number of hydrogen-bond donors (Lipinski definition) is 3. The average molecular weight is 233 g/mol. The normalized spacial score (nSPS) is 10.2.